The van der Waals surface area contributed by atoms with E-state index in [1.807, 2.05) is 6.92 Å². The van der Waals surface area contributed by atoms with E-state index in [2.05, 4.69) is 0 Å². The van der Waals surface area contributed by atoms with E-state index < -0.39 is 0 Å². The molecule has 0 radical (unpaired) electrons. The first kappa shape index (κ1) is 8.44. The van der Waals surface area contributed by atoms with Gasteiger partial charge in [0.2, 0.25) is 0 Å². The molecule has 2 heteroatoms. The summed E-state index contributed by atoms with van der Waals surface area (Å²) in [6.07, 6.45) is 5.15. The van der Waals surface area contributed by atoms with Crippen molar-refractivity contribution >= 4 is 11.4 Å². The van der Waals surface area contributed by atoms with Crippen LogP contribution in [0.15, 0.2) is 0 Å². The minimum Gasteiger partial charge on any atom is -0.309 e. The van der Waals surface area contributed by atoms with Gasteiger partial charge in [-0.1, -0.05) is 13.3 Å². The number of rotatable bonds is 2. The quantitative estimate of drug-likeness (QED) is 0.571. The summed E-state index contributed by atoms with van der Waals surface area (Å²) in [5, 5.41) is 15.3. The largest absolute Gasteiger partial charge is 0.309 e. The van der Waals surface area contributed by atoms with Crippen LogP contribution in [0.5, 0.6) is 0 Å². The van der Waals surface area contributed by atoms with Crippen molar-refractivity contribution in [2.45, 2.75) is 39.0 Å². The third-order valence-corrected chi connectivity index (χ3v) is 2.41. The van der Waals surface area contributed by atoms with Gasteiger partial charge in [-0.15, -0.1) is 0 Å². The maximum Gasteiger partial charge on any atom is 0.0343 e. The van der Waals surface area contributed by atoms with E-state index in [1.54, 1.807) is 0 Å². The summed E-state index contributed by atoms with van der Waals surface area (Å²) in [6, 6.07) is 0. The zero-order valence-corrected chi connectivity index (χ0v) is 7.11. The van der Waals surface area contributed by atoms with E-state index in [4.69, 9.17) is 10.8 Å². The summed E-state index contributed by atoms with van der Waals surface area (Å²) in [5.74, 6) is 0.203. The molecular formula is C9H16N2. The van der Waals surface area contributed by atoms with Crippen LogP contribution in [-0.4, -0.2) is 11.4 Å². The zero-order valence-electron chi connectivity index (χ0n) is 7.11. The lowest BCUT2D eigenvalue weighted by Gasteiger charge is -2.22. The molecule has 1 fully saturated rings. The number of hydrogen-bond donors (Lipinski definition) is 2. The SMILES string of the molecule is CCC(=N)C1CCCCC1=N. The maximum absolute atomic E-state index is 7.64. The Morgan fingerprint density at radius 3 is 2.82 bits per heavy atom. The molecule has 1 saturated carbocycles. The molecule has 62 valence electrons. The fourth-order valence-electron chi connectivity index (χ4n) is 1.64. The second-order valence-corrected chi connectivity index (χ2v) is 3.20. The minimum atomic E-state index is 0.203. The molecule has 1 unspecified atom stereocenters. The summed E-state index contributed by atoms with van der Waals surface area (Å²) in [7, 11) is 0. The van der Waals surface area contributed by atoms with Crippen LogP contribution >= 0.6 is 0 Å². The molecule has 0 aromatic heterocycles. The smallest absolute Gasteiger partial charge is 0.0343 e. The Hall–Kier alpha value is -0.660. The molecule has 0 spiro atoms. The van der Waals surface area contributed by atoms with Crippen LogP contribution < -0.4 is 0 Å². The van der Waals surface area contributed by atoms with Gasteiger partial charge in [-0.2, -0.15) is 0 Å². The summed E-state index contributed by atoms with van der Waals surface area (Å²) >= 11 is 0. The number of hydrogen-bond acceptors (Lipinski definition) is 2. The molecule has 1 aliphatic carbocycles. The molecule has 0 bridgehead atoms. The highest BCUT2D eigenvalue weighted by atomic mass is 14.5. The van der Waals surface area contributed by atoms with Gasteiger partial charge < -0.3 is 10.8 Å². The van der Waals surface area contributed by atoms with E-state index in [0.717, 1.165) is 37.1 Å². The fourth-order valence-corrected chi connectivity index (χ4v) is 1.64. The van der Waals surface area contributed by atoms with Crippen LogP contribution in [0.2, 0.25) is 0 Å². The van der Waals surface area contributed by atoms with Crippen molar-refractivity contribution < 1.29 is 0 Å². The topological polar surface area (TPSA) is 47.7 Å². The molecule has 0 heterocycles. The monoisotopic (exact) mass is 152 g/mol. The van der Waals surface area contributed by atoms with E-state index in [9.17, 15) is 0 Å². The highest BCUT2D eigenvalue weighted by molar-refractivity contribution is 6.05. The lowest BCUT2D eigenvalue weighted by atomic mass is 9.83. The summed E-state index contributed by atoms with van der Waals surface area (Å²) in [4.78, 5) is 0. The Balaban J connectivity index is 2.54. The molecule has 0 aliphatic heterocycles. The number of nitrogens with one attached hydrogen (secondary N) is 2. The second kappa shape index (κ2) is 3.65. The van der Waals surface area contributed by atoms with E-state index in [0.29, 0.717) is 0 Å². The van der Waals surface area contributed by atoms with Crippen LogP contribution in [0.3, 0.4) is 0 Å². The molecule has 0 saturated heterocycles. The van der Waals surface area contributed by atoms with Gasteiger partial charge in [-0.3, -0.25) is 0 Å². The summed E-state index contributed by atoms with van der Waals surface area (Å²) in [6.45, 7) is 2.00. The highest BCUT2D eigenvalue weighted by Gasteiger charge is 2.21. The Morgan fingerprint density at radius 1 is 1.55 bits per heavy atom. The fraction of sp³-hybridized carbons (Fsp3) is 0.778. The predicted molar refractivity (Wildman–Crippen MR) is 47.7 cm³/mol. The molecule has 2 N–H and O–H groups in total. The van der Waals surface area contributed by atoms with Crippen LogP contribution in [0.4, 0.5) is 0 Å². The van der Waals surface area contributed by atoms with Crippen molar-refractivity contribution in [3.8, 4) is 0 Å². The first-order chi connectivity index (χ1) is 5.25. The van der Waals surface area contributed by atoms with Crippen molar-refractivity contribution in [2.24, 2.45) is 5.92 Å². The average molecular weight is 152 g/mol. The normalized spacial score (nSPS) is 25.2. The average Bonchev–Trinajstić information content (AvgIpc) is 2.04. The zero-order chi connectivity index (χ0) is 8.27. The van der Waals surface area contributed by atoms with E-state index in [1.165, 1.54) is 6.42 Å². The van der Waals surface area contributed by atoms with Crippen LogP contribution in [0.1, 0.15) is 39.0 Å². The van der Waals surface area contributed by atoms with Gasteiger partial charge in [0.1, 0.15) is 0 Å². The van der Waals surface area contributed by atoms with Gasteiger partial charge in [-0.25, -0.2) is 0 Å². The van der Waals surface area contributed by atoms with Gasteiger partial charge in [0.15, 0.2) is 0 Å². The van der Waals surface area contributed by atoms with Gasteiger partial charge in [0.05, 0.1) is 0 Å². The van der Waals surface area contributed by atoms with Crippen molar-refractivity contribution in [1.29, 1.82) is 10.8 Å². The lowest BCUT2D eigenvalue weighted by molar-refractivity contribution is 0.603. The third kappa shape index (κ3) is 1.88. The highest BCUT2D eigenvalue weighted by Crippen LogP contribution is 2.22. The predicted octanol–water partition coefficient (Wildman–Crippen LogP) is 2.63. The first-order valence-electron chi connectivity index (χ1n) is 4.40. The standard InChI is InChI=1S/C9H16N2/c1-2-8(10)7-5-3-4-6-9(7)11/h7,10-11H,2-6H2,1H3. The van der Waals surface area contributed by atoms with Crippen molar-refractivity contribution in [2.75, 3.05) is 0 Å². The molecule has 1 rings (SSSR count). The van der Waals surface area contributed by atoms with Gasteiger partial charge >= 0.3 is 0 Å². The molecule has 0 aromatic rings. The van der Waals surface area contributed by atoms with Gasteiger partial charge in [0, 0.05) is 17.3 Å². The van der Waals surface area contributed by atoms with Crippen molar-refractivity contribution in [3.63, 3.8) is 0 Å². The van der Waals surface area contributed by atoms with Crippen LogP contribution in [0.25, 0.3) is 0 Å². The Labute approximate surface area is 68.0 Å². The molecule has 1 aliphatic rings. The molecular weight excluding hydrogens is 136 g/mol. The Morgan fingerprint density at radius 2 is 2.27 bits per heavy atom. The second-order valence-electron chi connectivity index (χ2n) is 3.20. The molecule has 2 nitrogen and oxygen atoms in total. The first-order valence-corrected chi connectivity index (χ1v) is 4.40. The summed E-state index contributed by atoms with van der Waals surface area (Å²) in [5.41, 5.74) is 1.55. The van der Waals surface area contributed by atoms with Gasteiger partial charge in [0.25, 0.3) is 0 Å². The molecule has 0 aromatic carbocycles. The van der Waals surface area contributed by atoms with E-state index >= 15 is 0 Å². The Bertz CT molecular complexity index is 164. The lowest BCUT2D eigenvalue weighted by Crippen LogP contribution is -2.25. The molecule has 11 heavy (non-hydrogen) atoms. The van der Waals surface area contributed by atoms with Crippen molar-refractivity contribution in [1.82, 2.24) is 0 Å². The summed E-state index contributed by atoms with van der Waals surface area (Å²) < 4.78 is 0. The Kier molecular flexibility index (Phi) is 2.80. The minimum absolute atomic E-state index is 0.203. The third-order valence-electron chi connectivity index (χ3n) is 2.41. The van der Waals surface area contributed by atoms with Crippen molar-refractivity contribution in [3.05, 3.63) is 0 Å². The van der Waals surface area contributed by atoms with Crippen LogP contribution in [0, 0.1) is 16.7 Å². The molecule has 0 amide bonds. The van der Waals surface area contributed by atoms with Crippen LogP contribution in [-0.2, 0) is 0 Å². The maximum atomic E-state index is 7.64. The van der Waals surface area contributed by atoms with E-state index in [-0.39, 0.29) is 5.92 Å². The molecule has 1 atom stereocenters. The van der Waals surface area contributed by atoms with Gasteiger partial charge in [-0.05, 0) is 25.7 Å².